The van der Waals surface area contributed by atoms with Gasteiger partial charge in [-0.25, -0.2) is 9.59 Å². The van der Waals surface area contributed by atoms with E-state index in [0.717, 1.165) is 9.26 Å². The minimum Gasteiger partial charge on any atom is -0.465 e. The number of anilines is 1. The molecular formula is C18H25IN2O4. The molecule has 2 rings (SSSR count). The summed E-state index contributed by atoms with van der Waals surface area (Å²) in [4.78, 5) is 27.9. The summed E-state index contributed by atoms with van der Waals surface area (Å²) in [5.74, 6) is -0.341. The molecule has 7 heteroatoms. The van der Waals surface area contributed by atoms with Crippen LogP contribution in [0.5, 0.6) is 0 Å². The Bertz CT molecular complexity index is 657. The molecule has 25 heavy (non-hydrogen) atoms. The van der Waals surface area contributed by atoms with E-state index >= 15 is 0 Å². The molecule has 1 saturated heterocycles. The predicted octanol–water partition coefficient (Wildman–Crippen LogP) is 3.52. The number of halogens is 1. The molecule has 1 aromatic rings. The van der Waals surface area contributed by atoms with Crippen LogP contribution in [0.15, 0.2) is 18.2 Å². The number of benzene rings is 1. The van der Waals surface area contributed by atoms with Gasteiger partial charge in [-0.2, -0.15) is 0 Å². The molecule has 0 radical (unpaired) electrons. The van der Waals surface area contributed by atoms with Gasteiger partial charge in [0.2, 0.25) is 0 Å². The van der Waals surface area contributed by atoms with Gasteiger partial charge in [-0.05, 0) is 68.5 Å². The third-order valence-corrected chi connectivity index (χ3v) is 4.82. The number of carbonyl (C=O) groups is 2. The van der Waals surface area contributed by atoms with E-state index in [0.29, 0.717) is 25.2 Å². The lowest BCUT2D eigenvalue weighted by atomic mass is 10.1. The monoisotopic (exact) mass is 460 g/mol. The van der Waals surface area contributed by atoms with Gasteiger partial charge in [0.05, 0.1) is 18.4 Å². The number of hydrogen-bond donors (Lipinski definition) is 0. The van der Waals surface area contributed by atoms with Crippen molar-refractivity contribution in [1.29, 1.82) is 0 Å². The molecule has 0 bridgehead atoms. The largest absolute Gasteiger partial charge is 0.465 e. The summed E-state index contributed by atoms with van der Waals surface area (Å²) >= 11 is 2.23. The minimum atomic E-state index is -0.490. The van der Waals surface area contributed by atoms with Gasteiger partial charge in [0, 0.05) is 29.2 Å². The summed E-state index contributed by atoms with van der Waals surface area (Å²) in [6, 6.07) is 5.69. The maximum Gasteiger partial charge on any atom is 0.410 e. The number of amides is 1. The van der Waals surface area contributed by atoms with Crippen LogP contribution < -0.4 is 4.90 Å². The Kier molecular flexibility index (Phi) is 6.18. The van der Waals surface area contributed by atoms with Gasteiger partial charge in [0.25, 0.3) is 0 Å². The van der Waals surface area contributed by atoms with Gasteiger partial charge in [0.1, 0.15) is 5.60 Å². The Morgan fingerprint density at radius 1 is 1.24 bits per heavy atom. The van der Waals surface area contributed by atoms with Crippen LogP contribution in [0, 0.1) is 3.57 Å². The molecule has 0 unspecified atom stereocenters. The highest BCUT2D eigenvalue weighted by atomic mass is 127. The summed E-state index contributed by atoms with van der Waals surface area (Å²) in [5.41, 5.74) is 1.11. The second-order valence-electron chi connectivity index (χ2n) is 7.13. The average molecular weight is 460 g/mol. The molecule has 138 valence electrons. The van der Waals surface area contributed by atoms with Crippen LogP contribution >= 0.6 is 22.6 Å². The molecule has 6 nitrogen and oxygen atoms in total. The van der Waals surface area contributed by atoms with Gasteiger partial charge in [-0.1, -0.05) is 0 Å². The van der Waals surface area contributed by atoms with Crippen molar-refractivity contribution in [2.45, 2.75) is 39.3 Å². The van der Waals surface area contributed by atoms with Crippen molar-refractivity contribution in [3.63, 3.8) is 0 Å². The van der Waals surface area contributed by atoms with E-state index in [4.69, 9.17) is 9.47 Å². The van der Waals surface area contributed by atoms with Crippen molar-refractivity contribution in [2.75, 3.05) is 31.6 Å². The summed E-state index contributed by atoms with van der Waals surface area (Å²) < 4.78 is 11.2. The van der Waals surface area contributed by atoms with E-state index < -0.39 is 5.60 Å². The Labute approximate surface area is 162 Å². The van der Waals surface area contributed by atoms with Crippen molar-refractivity contribution in [2.24, 2.45) is 0 Å². The Morgan fingerprint density at radius 3 is 2.44 bits per heavy atom. The molecule has 1 fully saturated rings. The van der Waals surface area contributed by atoms with E-state index in [2.05, 4.69) is 34.4 Å². The highest BCUT2D eigenvalue weighted by Gasteiger charge is 2.30. The molecule has 1 aliphatic heterocycles. The van der Waals surface area contributed by atoms with Crippen molar-refractivity contribution in [3.05, 3.63) is 27.3 Å². The van der Waals surface area contributed by atoms with E-state index in [1.54, 1.807) is 11.0 Å². The zero-order valence-corrected chi connectivity index (χ0v) is 17.5. The molecule has 0 aromatic heterocycles. The SMILES string of the molecule is COC(=O)c1ccc(N2CCN(C(=O)OC(C)(C)C)C[C@H]2C)c(I)c1. The van der Waals surface area contributed by atoms with Gasteiger partial charge >= 0.3 is 12.1 Å². The van der Waals surface area contributed by atoms with Gasteiger partial charge < -0.3 is 19.3 Å². The molecule has 0 N–H and O–H groups in total. The summed E-state index contributed by atoms with van der Waals surface area (Å²) in [6.45, 7) is 9.62. The molecule has 1 amide bonds. The first-order valence-corrected chi connectivity index (χ1v) is 9.32. The number of carbonyl (C=O) groups excluding carboxylic acids is 2. The molecule has 1 aliphatic rings. The average Bonchev–Trinajstić information content (AvgIpc) is 2.52. The molecule has 1 heterocycles. The van der Waals surface area contributed by atoms with Crippen LogP contribution in [0.4, 0.5) is 10.5 Å². The quantitative estimate of drug-likeness (QED) is 0.500. The number of nitrogens with zero attached hydrogens (tertiary/aromatic N) is 2. The second kappa shape index (κ2) is 7.80. The Hall–Kier alpha value is -1.51. The topological polar surface area (TPSA) is 59.1 Å². The molecule has 0 aliphatic carbocycles. The lowest BCUT2D eigenvalue weighted by Crippen LogP contribution is -2.54. The standard InChI is InChI=1S/C18H25IN2O4/c1-12-11-20(17(23)25-18(2,3)4)8-9-21(12)15-7-6-13(10-14(15)19)16(22)24-5/h6-7,10,12H,8-9,11H2,1-5H3/t12-/m1/s1. The zero-order chi connectivity index (χ0) is 18.8. The van der Waals surface area contributed by atoms with Crippen LogP contribution in [-0.2, 0) is 9.47 Å². The van der Waals surface area contributed by atoms with Crippen LogP contribution in [-0.4, -0.2) is 55.3 Å². The van der Waals surface area contributed by atoms with Crippen molar-refractivity contribution < 1.29 is 19.1 Å². The summed E-state index contributed by atoms with van der Waals surface area (Å²) in [7, 11) is 1.38. The number of methoxy groups -OCH3 is 1. The Morgan fingerprint density at radius 2 is 1.92 bits per heavy atom. The van der Waals surface area contributed by atoms with Crippen LogP contribution in [0.3, 0.4) is 0 Å². The maximum atomic E-state index is 12.3. The molecular weight excluding hydrogens is 435 g/mol. The highest BCUT2D eigenvalue weighted by molar-refractivity contribution is 14.1. The van der Waals surface area contributed by atoms with Gasteiger partial charge in [-0.3, -0.25) is 0 Å². The third-order valence-electron chi connectivity index (χ3n) is 3.96. The third kappa shape index (κ3) is 4.99. The number of ether oxygens (including phenoxy) is 2. The van der Waals surface area contributed by atoms with E-state index in [1.807, 2.05) is 32.9 Å². The smallest absolute Gasteiger partial charge is 0.410 e. The van der Waals surface area contributed by atoms with Crippen molar-refractivity contribution in [3.8, 4) is 0 Å². The normalized spacial score (nSPS) is 18.1. The summed E-state index contributed by atoms with van der Waals surface area (Å²) in [5, 5.41) is 0. The van der Waals surface area contributed by atoms with Crippen LogP contribution in [0.1, 0.15) is 38.1 Å². The first kappa shape index (κ1) is 19.8. The number of hydrogen-bond acceptors (Lipinski definition) is 5. The predicted molar refractivity (Wildman–Crippen MR) is 105 cm³/mol. The first-order chi connectivity index (χ1) is 11.6. The number of esters is 1. The molecule has 1 atom stereocenters. The fourth-order valence-corrected chi connectivity index (χ4v) is 3.62. The van der Waals surface area contributed by atoms with Crippen LogP contribution in [0.2, 0.25) is 0 Å². The Balaban J connectivity index is 2.09. The molecule has 0 saturated carbocycles. The van der Waals surface area contributed by atoms with Crippen molar-refractivity contribution >= 4 is 40.3 Å². The van der Waals surface area contributed by atoms with Crippen molar-refractivity contribution in [1.82, 2.24) is 4.90 Å². The van der Waals surface area contributed by atoms with Gasteiger partial charge in [0.15, 0.2) is 0 Å². The van der Waals surface area contributed by atoms with E-state index in [1.165, 1.54) is 7.11 Å². The van der Waals surface area contributed by atoms with E-state index in [-0.39, 0.29) is 18.1 Å². The lowest BCUT2D eigenvalue weighted by molar-refractivity contribution is 0.0218. The fourth-order valence-electron chi connectivity index (χ4n) is 2.79. The fraction of sp³-hybridized carbons (Fsp3) is 0.556. The second-order valence-corrected chi connectivity index (χ2v) is 8.29. The van der Waals surface area contributed by atoms with Gasteiger partial charge in [-0.15, -0.1) is 0 Å². The number of rotatable bonds is 2. The summed E-state index contributed by atoms with van der Waals surface area (Å²) in [6.07, 6.45) is -0.269. The van der Waals surface area contributed by atoms with Crippen LogP contribution in [0.25, 0.3) is 0 Å². The number of piperazine rings is 1. The molecule has 1 aromatic carbocycles. The van der Waals surface area contributed by atoms with E-state index in [9.17, 15) is 9.59 Å². The zero-order valence-electron chi connectivity index (χ0n) is 15.3. The minimum absolute atomic E-state index is 0.152. The lowest BCUT2D eigenvalue weighted by Gasteiger charge is -2.41. The first-order valence-electron chi connectivity index (χ1n) is 8.25. The molecule has 0 spiro atoms. The highest BCUT2D eigenvalue weighted by Crippen LogP contribution is 2.28. The maximum absolute atomic E-state index is 12.3.